The maximum Gasteiger partial charge on any atom is 0.306 e. The molecule has 1 saturated carbocycles. The van der Waals surface area contributed by atoms with Crippen molar-refractivity contribution in [3.63, 3.8) is 0 Å². The van der Waals surface area contributed by atoms with Crippen LogP contribution in [0, 0.1) is 11.8 Å². The maximum atomic E-state index is 11.1. The van der Waals surface area contributed by atoms with Crippen molar-refractivity contribution in [2.45, 2.75) is 39.0 Å². The van der Waals surface area contributed by atoms with Crippen molar-refractivity contribution in [1.82, 2.24) is 5.32 Å². The molecule has 0 aromatic rings. The van der Waals surface area contributed by atoms with Crippen LogP contribution in [0.15, 0.2) is 0 Å². The first-order valence-corrected chi connectivity index (χ1v) is 5.64. The summed E-state index contributed by atoms with van der Waals surface area (Å²) >= 11 is 0. The van der Waals surface area contributed by atoms with Crippen LogP contribution in [-0.2, 0) is 9.59 Å². The van der Waals surface area contributed by atoms with Crippen LogP contribution in [0.1, 0.15) is 39.0 Å². The van der Waals surface area contributed by atoms with E-state index in [9.17, 15) is 9.59 Å². The van der Waals surface area contributed by atoms with E-state index < -0.39 is 5.97 Å². The second-order valence-electron chi connectivity index (χ2n) is 4.15. The molecule has 4 nitrogen and oxygen atoms in total. The third kappa shape index (κ3) is 3.53. The van der Waals surface area contributed by atoms with Gasteiger partial charge in [-0.25, -0.2) is 0 Å². The summed E-state index contributed by atoms with van der Waals surface area (Å²) in [5.74, 6) is -0.863. The van der Waals surface area contributed by atoms with Gasteiger partial charge >= 0.3 is 5.97 Å². The Morgan fingerprint density at radius 2 is 2.00 bits per heavy atom. The Balaban J connectivity index is 2.42. The lowest BCUT2D eigenvalue weighted by Gasteiger charge is -2.28. The van der Waals surface area contributed by atoms with Gasteiger partial charge in [0.1, 0.15) is 0 Å². The van der Waals surface area contributed by atoms with Gasteiger partial charge in [-0.05, 0) is 18.8 Å². The molecule has 1 aliphatic rings. The van der Waals surface area contributed by atoms with Crippen LogP contribution in [0.4, 0.5) is 0 Å². The van der Waals surface area contributed by atoms with Crippen molar-refractivity contribution >= 4 is 11.9 Å². The second kappa shape index (κ2) is 5.73. The quantitative estimate of drug-likeness (QED) is 0.742. The summed E-state index contributed by atoms with van der Waals surface area (Å²) in [5.41, 5.74) is 0. The summed E-state index contributed by atoms with van der Waals surface area (Å²) in [6.07, 6.45) is 4.21. The molecule has 0 heterocycles. The van der Waals surface area contributed by atoms with Crippen LogP contribution < -0.4 is 5.32 Å². The van der Waals surface area contributed by atoms with E-state index in [-0.39, 0.29) is 17.7 Å². The van der Waals surface area contributed by atoms with Crippen LogP contribution in [0.25, 0.3) is 0 Å². The fourth-order valence-corrected chi connectivity index (χ4v) is 2.15. The molecule has 15 heavy (non-hydrogen) atoms. The molecule has 2 unspecified atom stereocenters. The molecule has 2 atom stereocenters. The van der Waals surface area contributed by atoms with E-state index in [1.807, 2.05) is 0 Å². The van der Waals surface area contributed by atoms with E-state index >= 15 is 0 Å². The lowest BCUT2D eigenvalue weighted by molar-refractivity contribution is -0.145. The van der Waals surface area contributed by atoms with Gasteiger partial charge in [0.2, 0.25) is 5.91 Å². The van der Waals surface area contributed by atoms with Gasteiger partial charge in [-0.2, -0.15) is 0 Å². The lowest BCUT2D eigenvalue weighted by Crippen LogP contribution is -2.36. The van der Waals surface area contributed by atoms with Gasteiger partial charge in [-0.15, -0.1) is 0 Å². The number of amides is 1. The molecule has 0 aromatic carbocycles. The third-order valence-corrected chi connectivity index (χ3v) is 3.11. The van der Waals surface area contributed by atoms with Gasteiger partial charge in [0, 0.05) is 13.0 Å². The summed E-state index contributed by atoms with van der Waals surface area (Å²) < 4.78 is 0. The van der Waals surface area contributed by atoms with E-state index in [1.54, 1.807) is 6.92 Å². The molecule has 0 spiro atoms. The van der Waals surface area contributed by atoms with Crippen molar-refractivity contribution in [1.29, 1.82) is 0 Å². The first-order valence-electron chi connectivity index (χ1n) is 5.64. The predicted molar refractivity (Wildman–Crippen MR) is 56.4 cm³/mol. The SMILES string of the molecule is CCC(=O)NCC1CCCCC1C(=O)O. The molecule has 0 bridgehead atoms. The van der Waals surface area contributed by atoms with Crippen molar-refractivity contribution in [3.8, 4) is 0 Å². The molecule has 1 fully saturated rings. The van der Waals surface area contributed by atoms with Crippen LogP contribution in [-0.4, -0.2) is 23.5 Å². The first-order chi connectivity index (χ1) is 7.15. The molecular weight excluding hydrogens is 194 g/mol. The first kappa shape index (κ1) is 12.0. The second-order valence-corrected chi connectivity index (χ2v) is 4.15. The smallest absolute Gasteiger partial charge is 0.306 e. The number of hydrogen-bond donors (Lipinski definition) is 2. The summed E-state index contributed by atoms with van der Waals surface area (Å²) in [4.78, 5) is 22.0. The van der Waals surface area contributed by atoms with E-state index in [2.05, 4.69) is 5.32 Å². The largest absolute Gasteiger partial charge is 0.481 e. The Labute approximate surface area is 90.0 Å². The Kier molecular flexibility index (Phi) is 4.59. The molecule has 0 aromatic heterocycles. The number of carbonyl (C=O) groups excluding carboxylic acids is 1. The van der Waals surface area contributed by atoms with Gasteiger partial charge in [-0.3, -0.25) is 9.59 Å². The number of rotatable bonds is 4. The van der Waals surface area contributed by atoms with E-state index in [1.165, 1.54) is 0 Å². The molecule has 0 aliphatic heterocycles. The number of hydrogen-bond acceptors (Lipinski definition) is 2. The fraction of sp³-hybridized carbons (Fsp3) is 0.818. The van der Waals surface area contributed by atoms with Crippen LogP contribution in [0.5, 0.6) is 0 Å². The van der Waals surface area contributed by atoms with Crippen LogP contribution >= 0.6 is 0 Å². The van der Waals surface area contributed by atoms with Gasteiger partial charge in [-0.1, -0.05) is 19.8 Å². The zero-order valence-corrected chi connectivity index (χ0v) is 9.16. The molecule has 2 N–H and O–H groups in total. The molecule has 1 rings (SSSR count). The summed E-state index contributed by atoms with van der Waals surface area (Å²) in [7, 11) is 0. The van der Waals surface area contributed by atoms with Crippen molar-refractivity contribution in [2.75, 3.05) is 6.54 Å². The summed E-state index contributed by atoms with van der Waals surface area (Å²) in [5, 5.41) is 11.8. The van der Waals surface area contributed by atoms with E-state index in [4.69, 9.17) is 5.11 Å². The number of carboxylic acid groups (broad SMARTS) is 1. The Bertz CT molecular complexity index is 240. The molecule has 4 heteroatoms. The Hall–Kier alpha value is -1.06. The molecule has 86 valence electrons. The molecule has 0 saturated heterocycles. The van der Waals surface area contributed by atoms with Gasteiger partial charge in [0.05, 0.1) is 5.92 Å². The third-order valence-electron chi connectivity index (χ3n) is 3.11. The monoisotopic (exact) mass is 213 g/mol. The predicted octanol–water partition coefficient (Wildman–Crippen LogP) is 1.40. The molecular formula is C11H19NO3. The number of carboxylic acids is 1. The highest BCUT2D eigenvalue weighted by molar-refractivity contribution is 5.75. The number of carbonyl (C=O) groups is 2. The maximum absolute atomic E-state index is 11.1. The van der Waals surface area contributed by atoms with Crippen LogP contribution in [0.2, 0.25) is 0 Å². The highest BCUT2D eigenvalue weighted by Crippen LogP contribution is 2.29. The number of aliphatic carboxylic acids is 1. The van der Waals surface area contributed by atoms with Crippen LogP contribution in [0.3, 0.4) is 0 Å². The average Bonchev–Trinajstić information content (AvgIpc) is 2.26. The minimum Gasteiger partial charge on any atom is -0.481 e. The molecule has 1 amide bonds. The normalized spacial score (nSPS) is 25.9. The summed E-state index contributed by atoms with van der Waals surface area (Å²) in [6, 6.07) is 0. The zero-order valence-electron chi connectivity index (χ0n) is 9.16. The fourth-order valence-electron chi connectivity index (χ4n) is 2.15. The van der Waals surface area contributed by atoms with Crippen molar-refractivity contribution in [2.24, 2.45) is 11.8 Å². The topological polar surface area (TPSA) is 66.4 Å². The Morgan fingerprint density at radius 1 is 1.33 bits per heavy atom. The summed E-state index contributed by atoms with van der Waals surface area (Å²) in [6.45, 7) is 2.31. The molecule has 0 radical (unpaired) electrons. The average molecular weight is 213 g/mol. The zero-order chi connectivity index (χ0) is 11.3. The molecule has 1 aliphatic carbocycles. The van der Waals surface area contributed by atoms with Crippen molar-refractivity contribution < 1.29 is 14.7 Å². The van der Waals surface area contributed by atoms with Gasteiger partial charge in [0.15, 0.2) is 0 Å². The lowest BCUT2D eigenvalue weighted by atomic mass is 9.79. The minimum atomic E-state index is -0.717. The van der Waals surface area contributed by atoms with E-state index in [0.29, 0.717) is 13.0 Å². The van der Waals surface area contributed by atoms with Gasteiger partial charge in [0.25, 0.3) is 0 Å². The Morgan fingerprint density at radius 3 is 2.60 bits per heavy atom. The van der Waals surface area contributed by atoms with E-state index in [0.717, 1.165) is 25.7 Å². The van der Waals surface area contributed by atoms with Crippen molar-refractivity contribution in [3.05, 3.63) is 0 Å². The number of nitrogens with one attached hydrogen (secondary N) is 1. The highest BCUT2D eigenvalue weighted by Gasteiger charge is 2.30. The highest BCUT2D eigenvalue weighted by atomic mass is 16.4. The standard InChI is InChI=1S/C11H19NO3/c1-2-10(13)12-7-8-5-3-4-6-9(8)11(14)15/h8-9H,2-7H2,1H3,(H,12,13)(H,14,15). The minimum absolute atomic E-state index is 0.00436. The van der Waals surface area contributed by atoms with Gasteiger partial charge < -0.3 is 10.4 Å².